The quantitative estimate of drug-likeness (QED) is 0.506. The summed E-state index contributed by atoms with van der Waals surface area (Å²) in [6, 6.07) is 2.25. The zero-order valence-electron chi connectivity index (χ0n) is 20.2. The van der Waals surface area contributed by atoms with Crippen molar-refractivity contribution < 1.29 is 27.8 Å². The molecule has 182 valence electrons. The summed E-state index contributed by atoms with van der Waals surface area (Å²) in [5.74, 6) is -2.30. The lowest BCUT2D eigenvalue weighted by Gasteiger charge is -2.37. The molecule has 1 aliphatic carbocycles. The highest BCUT2D eigenvalue weighted by molar-refractivity contribution is 8.15. The number of rotatable bonds is 1. The Morgan fingerprint density at radius 2 is 1.61 bits per heavy atom. The zero-order valence-corrected chi connectivity index (χ0v) is 21.0. The van der Waals surface area contributed by atoms with Gasteiger partial charge in [0.05, 0.1) is 5.54 Å². The predicted octanol–water partition coefficient (Wildman–Crippen LogP) is 5.82. The Balaban J connectivity index is 2.14. The minimum atomic E-state index is -1.27. The number of hydrogen-bond acceptors (Lipinski definition) is 7. The molecule has 0 bridgehead atoms. The second kappa shape index (κ2) is 7.85. The monoisotopic (exact) mass is 483 g/mol. The molecule has 0 saturated heterocycles. The lowest BCUT2D eigenvalue weighted by Crippen LogP contribution is -2.48. The van der Waals surface area contributed by atoms with Crippen LogP contribution < -0.4 is 5.73 Å². The summed E-state index contributed by atoms with van der Waals surface area (Å²) in [5.41, 5.74) is 2.77. The van der Waals surface area contributed by atoms with Crippen LogP contribution in [0, 0.1) is 17.6 Å². The highest BCUT2D eigenvalue weighted by Gasteiger charge is 2.65. The van der Waals surface area contributed by atoms with Gasteiger partial charge in [0, 0.05) is 21.9 Å². The van der Waals surface area contributed by atoms with Gasteiger partial charge in [-0.2, -0.15) is 4.90 Å². The van der Waals surface area contributed by atoms with Gasteiger partial charge in [0.2, 0.25) is 0 Å². The number of hydrogen-bond donors (Lipinski definition) is 1. The van der Waals surface area contributed by atoms with Crippen LogP contribution >= 0.6 is 11.8 Å². The summed E-state index contributed by atoms with van der Waals surface area (Å²) < 4.78 is 39.6. The summed E-state index contributed by atoms with van der Waals surface area (Å²) in [7, 11) is 0. The Labute approximate surface area is 197 Å². The number of imide groups is 1. The molecule has 0 spiro atoms. The first kappa shape index (κ1) is 25.3. The Morgan fingerprint density at radius 3 is 2.09 bits per heavy atom. The largest absolute Gasteiger partial charge is 0.443 e. The molecule has 0 radical (unpaired) electrons. The third kappa shape index (κ3) is 5.10. The molecule has 1 fully saturated rings. The van der Waals surface area contributed by atoms with Crippen LogP contribution in [0.5, 0.6) is 0 Å². The number of nitrogens with two attached hydrogens (primary N) is 1. The number of amidine groups is 1. The van der Waals surface area contributed by atoms with Gasteiger partial charge in [-0.3, -0.25) is 0 Å². The van der Waals surface area contributed by atoms with Crippen LogP contribution in [0.2, 0.25) is 0 Å². The lowest BCUT2D eigenvalue weighted by atomic mass is 9.85. The molecule has 3 rings (SSSR count). The molecule has 10 heteroatoms. The van der Waals surface area contributed by atoms with Crippen molar-refractivity contribution in [3.8, 4) is 0 Å². The third-order valence-corrected chi connectivity index (χ3v) is 6.83. The highest BCUT2D eigenvalue weighted by atomic mass is 32.2. The van der Waals surface area contributed by atoms with E-state index in [1.54, 1.807) is 48.5 Å². The van der Waals surface area contributed by atoms with Crippen LogP contribution in [0.1, 0.15) is 67.4 Å². The molecule has 1 aromatic carbocycles. The molecule has 0 unspecified atom stereocenters. The maximum absolute atomic E-state index is 14.9. The van der Waals surface area contributed by atoms with Crippen molar-refractivity contribution in [3.63, 3.8) is 0 Å². The van der Waals surface area contributed by atoms with Crippen LogP contribution in [0.4, 0.5) is 24.1 Å². The lowest BCUT2D eigenvalue weighted by molar-refractivity contribution is 0.0151. The van der Waals surface area contributed by atoms with Gasteiger partial charge >= 0.3 is 12.2 Å². The van der Waals surface area contributed by atoms with Gasteiger partial charge in [-0.1, -0.05) is 11.8 Å². The summed E-state index contributed by atoms with van der Waals surface area (Å²) in [6.45, 7) is 13.6. The standard InChI is InChI=1S/C23H31F2N3O4S/c1-20(2,3)31-18(29)28(19(30)32-21(4,5)6)17-27-23(8,15-11-22(15,7)33-17)13-9-12(26)10-14(24)16(13)25/h9-10,15H,11,26H2,1-8H3/t15-,22+,23-/m1/s1. The summed E-state index contributed by atoms with van der Waals surface area (Å²) in [5, 5.41) is -0.000479. The number of halogens is 2. The molecule has 0 aromatic heterocycles. The van der Waals surface area contributed by atoms with E-state index in [0.717, 1.165) is 11.0 Å². The molecule has 33 heavy (non-hydrogen) atoms. The topological polar surface area (TPSA) is 94.2 Å². The third-order valence-electron chi connectivity index (χ3n) is 5.46. The molecule has 1 aromatic rings. The fourth-order valence-corrected chi connectivity index (χ4v) is 5.44. The van der Waals surface area contributed by atoms with Crippen molar-refractivity contribution in [3.05, 3.63) is 29.3 Å². The van der Waals surface area contributed by atoms with E-state index in [1.807, 2.05) is 6.92 Å². The Kier molecular flexibility index (Phi) is 6.01. The smallest absolute Gasteiger partial charge is 0.426 e. The molecule has 2 N–H and O–H groups in total. The van der Waals surface area contributed by atoms with Gasteiger partial charge in [-0.15, -0.1) is 0 Å². The predicted molar refractivity (Wildman–Crippen MR) is 124 cm³/mol. The van der Waals surface area contributed by atoms with Crippen molar-refractivity contribution in [1.82, 2.24) is 4.90 Å². The van der Waals surface area contributed by atoms with E-state index in [2.05, 4.69) is 4.99 Å². The average molecular weight is 484 g/mol. The van der Waals surface area contributed by atoms with Crippen molar-refractivity contribution in [2.24, 2.45) is 10.9 Å². The van der Waals surface area contributed by atoms with Gasteiger partial charge in [0.1, 0.15) is 11.2 Å². The van der Waals surface area contributed by atoms with Gasteiger partial charge in [0.15, 0.2) is 16.8 Å². The molecule has 7 nitrogen and oxygen atoms in total. The van der Waals surface area contributed by atoms with Crippen molar-refractivity contribution >= 4 is 34.8 Å². The van der Waals surface area contributed by atoms with E-state index in [0.29, 0.717) is 6.42 Å². The van der Waals surface area contributed by atoms with E-state index < -0.39 is 45.3 Å². The molecule has 3 atom stereocenters. The molecule has 1 heterocycles. The molecule has 1 aliphatic heterocycles. The first-order valence-corrected chi connectivity index (χ1v) is 11.5. The van der Waals surface area contributed by atoms with E-state index in [4.69, 9.17) is 15.2 Å². The van der Waals surface area contributed by atoms with E-state index in [-0.39, 0.29) is 22.3 Å². The molecule has 2 amide bonds. The van der Waals surface area contributed by atoms with Crippen LogP contribution in [0.25, 0.3) is 0 Å². The Hall–Kier alpha value is -2.36. The number of carbonyl (C=O) groups excluding carboxylic acids is 2. The first-order chi connectivity index (χ1) is 14.9. The number of nitrogen functional groups attached to an aromatic ring is 1. The zero-order chi connectivity index (χ0) is 25.1. The molecule has 1 saturated carbocycles. The number of benzene rings is 1. The normalized spacial score (nSPS) is 26.7. The van der Waals surface area contributed by atoms with E-state index in [1.165, 1.54) is 17.8 Å². The van der Waals surface area contributed by atoms with Crippen LogP contribution in [0.3, 0.4) is 0 Å². The second-order valence-corrected chi connectivity index (χ2v) is 12.4. The summed E-state index contributed by atoms with van der Waals surface area (Å²) in [4.78, 5) is 31.5. The van der Waals surface area contributed by atoms with Gasteiger partial charge in [-0.05, 0) is 73.9 Å². The van der Waals surface area contributed by atoms with Crippen LogP contribution in [-0.2, 0) is 15.0 Å². The van der Waals surface area contributed by atoms with Crippen molar-refractivity contribution in [2.45, 2.75) is 83.3 Å². The fourth-order valence-electron chi connectivity index (χ4n) is 3.93. The fraction of sp³-hybridized carbons (Fsp3) is 0.609. The van der Waals surface area contributed by atoms with E-state index >= 15 is 0 Å². The summed E-state index contributed by atoms with van der Waals surface area (Å²) in [6.07, 6.45) is -1.31. The maximum atomic E-state index is 14.9. The van der Waals surface area contributed by atoms with Crippen LogP contribution in [0.15, 0.2) is 17.1 Å². The van der Waals surface area contributed by atoms with Gasteiger partial charge in [-0.25, -0.2) is 23.4 Å². The number of anilines is 1. The number of nitrogens with zero attached hydrogens (tertiary/aromatic N) is 2. The van der Waals surface area contributed by atoms with Crippen molar-refractivity contribution in [2.75, 3.05) is 5.73 Å². The van der Waals surface area contributed by atoms with Gasteiger partial charge in [0.25, 0.3) is 0 Å². The number of amides is 2. The number of aliphatic imine (C=N–C) groups is 1. The Bertz CT molecular complexity index is 1010. The number of thioether (sulfide) groups is 1. The first-order valence-electron chi connectivity index (χ1n) is 10.7. The molecular weight excluding hydrogens is 452 g/mol. The Morgan fingerprint density at radius 1 is 1.09 bits per heavy atom. The van der Waals surface area contributed by atoms with Crippen molar-refractivity contribution in [1.29, 1.82) is 0 Å². The summed E-state index contributed by atoms with van der Waals surface area (Å²) >= 11 is 1.22. The second-order valence-electron chi connectivity index (χ2n) is 10.9. The number of fused-ring (bicyclic) bond motifs is 1. The number of ether oxygens (including phenoxy) is 2. The minimum Gasteiger partial charge on any atom is -0.443 e. The number of carbonyl (C=O) groups is 2. The maximum Gasteiger partial charge on any atom is 0.426 e. The SMILES string of the molecule is CC(C)(C)OC(=O)N(C(=O)OC(C)(C)C)C1=N[C@](C)(c2cc(N)cc(F)c2F)[C@@H]2C[C@]2(C)S1. The average Bonchev–Trinajstić information content (AvgIpc) is 3.27. The van der Waals surface area contributed by atoms with Crippen LogP contribution in [-0.4, -0.2) is 38.2 Å². The minimum absolute atomic E-state index is 0.000479. The van der Waals surface area contributed by atoms with E-state index in [9.17, 15) is 18.4 Å². The highest BCUT2D eigenvalue weighted by Crippen LogP contribution is 2.66. The molecular formula is C23H31F2N3O4S. The van der Waals surface area contributed by atoms with Gasteiger partial charge < -0.3 is 15.2 Å². The molecule has 2 aliphatic rings.